The van der Waals surface area contributed by atoms with E-state index in [9.17, 15) is 0 Å². The van der Waals surface area contributed by atoms with Gasteiger partial charge in [-0.25, -0.2) is 4.98 Å². The first-order valence-corrected chi connectivity index (χ1v) is 8.25. The Kier molecular flexibility index (Phi) is 4.22. The molecule has 0 fully saturated rings. The van der Waals surface area contributed by atoms with Crippen molar-refractivity contribution in [2.75, 3.05) is 0 Å². The van der Waals surface area contributed by atoms with Gasteiger partial charge in [0.2, 0.25) is 0 Å². The minimum Gasteiger partial charge on any atom is -0.329 e. The Hall–Kier alpha value is -1.46. The Balaban J connectivity index is 2.04. The van der Waals surface area contributed by atoms with Crippen LogP contribution in [-0.2, 0) is 6.42 Å². The van der Waals surface area contributed by atoms with Gasteiger partial charge in [0.25, 0.3) is 0 Å². The molecule has 5 heteroatoms. The highest BCUT2D eigenvalue weighted by Crippen LogP contribution is 2.21. The molecule has 2 heterocycles. The second-order valence-electron chi connectivity index (χ2n) is 5.06. The lowest BCUT2D eigenvalue weighted by atomic mass is 10.1. The Morgan fingerprint density at radius 3 is 2.76 bits per heavy atom. The number of nitrogens with one attached hydrogen (secondary N) is 1. The van der Waals surface area contributed by atoms with E-state index < -0.39 is 0 Å². The molecule has 0 aliphatic rings. The number of aryl methyl sites for hydroxylation is 1. The molecule has 0 aliphatic carbocycles. The number of benzene rings is 1. The maximum atomic E-state index is 5.43. The van der Waals surface area contributed by atoms with E-state index in [2.05, 4.69) is 57.1 Å². The maximum Gasteiger partial charge on any atom is 0.183 e. The fraction of sp³-hybridized carbons (Fsp3) is 0.250. The van der Waals surface area contributed by atoms with Crippen LogP contribution in [0.5, 0.6) is 0 Å². The van der Waals surface area contributed by atoms with Crippen LogP contribution < -0.4 is 0 Å². The molecule has 0 atom stereocenters. The molecule has 0 radical (unpaired) electrons. The van der Waals surface area contributed by atoms with Gasteiger partial charge in [0, 0.05) is 16.4 Å². The summed E-state index contributed by atoms with van der Waals surface area (Å²) in [4.78, 5) is 7.67. The number of unbranched alkanes of at least 4 members (excludes halogenated alkanes) is 1. The molecular weight excluding hydrogens is 346 g/mol. The Morgan fingerprint density at radius 1 is 1.29 bits per heavy atom. The van der Waals surface area contributed by atoms with Crippen LogP contribution in [0.15, 0.2) is 41.0 Å². The SMILES string of the molecule is CCCCc1ccc(-n2c(=S)[nH]c3cc(Br)cnc32)cc1. The number of H-pyrrole nitrogens is 1. The predicted octanol–water partition coefficient (Wildman–Crippen LogP) is 5.19. The number of hydrogen-bond donors (Lipinski definition) is 1. The summed E-state index contributed by atoms with van der Waals surface area (Å²) in [6.45, 7) is 2.21. The summed E-state index contributed by atoms with van der Waals surface area (Å²) in [6, 6.07) is 10.6. The number of fused-ring (bicyclic) bond motifs is 1. The third kappa shape index (κ3) is 2.94. The van der Waals surface area contributed by atoms with Crippen molar-refractivity contribution in [1.82, 2.24) is 14.5 Å². The molecule has 1 N–H and O–H groups in total. The van der Waals surface area contributed by atoms with Gasteiger partial charge >= 0.3 is 0 Å². The molecule has 3 nitrogen and oxygen atoms in total. The molecule has 3 rings (SSSR count). The molecule has 0 aliphatic heterocycles. The first-order chi connectivity index (χ1) is 10.2. The van der Waals surface area contributed by atoms with Gasteiger partial charge in [-0.3, -0.25) is 4.57 Å². The van der Waals surface area contributed by atoms with E-state index in [-0.39, 0.29) is 0 Å². The van der Waals surface area contributed by atoms with Crippen molar-refractivity contribution >= 4 is 39.3 Å². The average Bonchev–Trinajstić information content (AvgIpc) is 2.80. The summed E-state index contributed by atoms with van der Waals surface area (Å²) in [5, 5.41) is 0. The quantitative estimate of drug-likeness (QED) is 0.648. The number of rotatable bonds is 4. The lowest BCUT2D eigenvalue weighted by Gasteiger charge is -2.06. The molecule has 21 heavy (non-hydrogen) atoms. The van der Waals surface area contributed by atoms with E-state index in [1.807, 2.05) is 10.6 Å². The van der Waals surface area contributed by atoms with Gasteiger partial charge in [-0.15, -0.1) is 0 Å². The van der Waals surface area contributed by atoms with Gasteiger partial charge in [0.05, 0.1) is 5.52 Å². The molecule has 0 unspecified atom stereocenters. The topological polar surface area (TPSA) is 33.6 Å². The minimum atomic E-state index is 0.664. The smallest absolute Gasteiger partial charge is 0.183 e. The summed E-state index contributed by atoms with van der Waals surface area (Å²) in [5.74, 6) is 0. The Bertz CT molecular complexity index is 818. The van der Waals surface area contributed by atoms with Crippen molar-refractivity contribution in [2.24, 2.45) is 0 Å². The summed E-state index contributed by atoms with van der Waals surface area (Å²) < 4.78 is 3.57. The number of nitrogens with zero attached hydrogens (tertiary/aromatic N) is 2. The monoisotopic (exact) mass is 361 g/mol. The van der Waals surface area contributed by atoms with Crippen LogP contribution in [0, 0.1) is 4.77 Å². The van der Waals surface area contributed by atoms with E-state index in [0.29, 0.717) is 4.77 Å². The first kappa shape index (κ1) is 14.5. The first-order valence-electron chi connectivity index (χ1n) is 7.04. The fourth-order valence-corrected chi connectivity index (χ4v) is 3.03. The number of halogens is 1. The van der Waals surface area contributed by atoms with E-state index in [0.717, 1.165) is 27.7 Å². The molecule has 3 aromatic rings. The van der Waals surface area contributed by atoms with Crippen LogP contribution in [0.4, 0.5) is 0 Å². The normalized spacial score (nSPS) is 11.1. The molecule has 108 valence electrons. The van der Waals surface area contributed by atoms with E-state index in [4.69, 9.17) is 12.2 Å². The zero-order valence-corrected chi connectivity index (χ0v) is 14.2. The molecule has 0 saturated heterocycles. The van der Waals surface area contributed by atoms with Crippen molar-refractivity contribution in [1.29, 1.82) is 0 Å². The molecular formula is C16H16BrN3S. The van der Waals surface area contributed by atoms with Gasteiger partial charge in [0.1, 0.15) is 0 Å². The predicted molar refractivity (Wildman–Crippen MR) is 92.6 cm³/mol. The standard InChI is InChI=1S/C16H16BrN3S/c1-2-3-4-11-5-7-13(8-6-11)20-15-14(19-16(20)21)9-12(17)10-18-15/h5-10H,2-4H2,1H3,(H,19,21). The molecule has 0 amide bonds. The van der Waals surface area contributed by atoms with Crippen LogP contribution in [0.2, 0.25) is 0 Å². The molecule has 2 aromatic heterocycles. The highest BCUT2D eigenvalue weighted by molar-refractivity contribution is 9.10. The van der Waals surface area contributed by atoms with Gasteiger partial charge in [-0.1, -0.05) is 25.5 Å². The molecule has 0 spiro atoms. The lowest BCUT2D eigenvalue weighted by molar-refractivity contribution is 0.795. The molecule has 0 bridgehead atoms. The zero-order chi connectivity index (χ0) is 14.8. The summed E-state index contributed by atoms with van der Waals surface area (Å²) in [5.41, 5.74) is 4.19. The van der Waals surface area contributed by atoms with Gasteiger partial charge in [0.15, 0.2) is 10.4 Å². The fourth-order valence-electron chi connectivity index (χ4n) is 2.40. The number of hydrogen-bond acceptors (Lipinski definition) is 2. The lowest BCUT2D eigenvalue weighted by Crippen LogP contribution is -1.96. The van der Waals surface area contributed by atoms with Gasteiger partial charge < -0.3 is 4.98 Å². The Morgan fingerprint density at radius 2 is 2.05 bits per heavy atom. The number of aromatic amines is 1. The highest BCUT2D eigenvalue weighted by Gasteiger charge is 2.08. The summed E-state index contributed by atoms with van der Waals surface area (Å²) in [6.07, 6.45) is 5.35. The second kappa shape index (κ2) is 6.12. The van der Waals surface area contributed by atoms with Crippen molar-refractivity contribution in [3.05, 3.63) is 51.3 Å². The van der Waals surface area contributed by atoms with Crippen molar-refractivity contribution in [2.45, 2.75) is 26.2 Å². The minimum absolute atomic E-state index is 0.664. The summed E-state index contributed by atoms with van der Waals surface area (Å²) >= 11 is 8.86. The van der Waals surface area contributed by atoms with E-state index >= 15 is 0 Å². The molecule has 1 aromatic carbocycles. The number of pyridine rings is 1. The van der Waals surface area contributed by atoms with Crippen LogP contribution in [0.25, 0.3) is 16.9 Å². The zero-order valence-electron chi connectivity index (χ0n) is 11.8. The molecule has 0 saturated carbocycles. The Labute approximate surface area is 137 Å². The van der Waals surface area contributed by atoms with Crippen molar-refractivity contribution in [3.8, 4) is 5.69 Å². The van der Waals surface area contributed by atoms with E-state index in [1.54, 1.807) is 6.20 Å². The average molecular weight is 362 g/mol. The highest BCUT2D eigenvalue weighted by atomic mass is 79.9. The third-order valence-electron chi connectivity index (χ3n) is 3.50. The third-order valence-corrected chi connectivity index (χ3v) is 4.22. The second-order valence-corrected chi connectivity index (χ2v) is 6.36. The maximum absolute atomic E-state index is 5.43. The van der Waals surface area contributed by atoms with E-state index in [1.165, 1.54) is 18.4 Å². The largest absolute Gasteiger partial charge is 0.329 e. The van der Waals surface area contributed by atoms with Crippen molar-refractivity contribution < 1.29 is 0 Å². The number of aromatic nitrogens is 3. The van der Waals surface area contributed by atoms with Crippen molar-refractivity contribution in [3.63, 3.8) is 0 Å². The summed E-state index contributed by atoms with van der Waals surface area (Å²) in [7, 11) is 0. The number of imidazole rings is 1. The van der Waals surface area contributed by atoms with Crippen LogP contribution in [0.1, 0.15) is 25.3 Å². The van der Waals surface area contributed by atoms with Gasteiger partial charge in [-0.2, -0.15) is 0 Å². The van der Waals surface area contributed by atoms with Gasteiger partial charge in [-0.05, 0) is 64.8 Å². The van der Waals surface area contributed by atoms with Crippen LogP contribution in [-0.4, -0.2) is 14.5 Å². The van der Waals surface area contributed by atoms with Crippen LogP contribution >= 0.6 is 28.1 Å². The van der Waals surface area contributed by atoms with Crippen LogP contribution in [0.3, 0.4) is 0 Å².